The number of carbonyl (C=O) groups is 1. The van der Waals surface area contributed by atoms with Crippen molar-refractivity contribution >= 4 is 11.9 Å². The number of hydrogen-bond acceptors (Lipinski definition) is 5. The van der Waals surface area contributed by atoms with Crippen LogP contribution in [0.25, 0.3) is 0 Å². The van der Waals surface area contributed by atoms with Crippen molar-refractivity contribution in [3.63, 3.8) is 0 Å². The highest BCUT2D eigenvalue weighted by atomic mass is 16.7. The first kappa shape index (κ1) is 16.2. The summed E-state index contributed by atoms with van der Waals surface area (Å²) in [6.07, 6.45) is 0.829. The lowest BCUT2D eigenvalue weighted by Crippen LogP contribution is -2.61. The largest absolute Gasteiger partial charge is 0.465 e. The number of ether oxygens (including phenoxy) is 1. The van der Waals surface area contributed by atoms with Crippen molar-refractivity contribution in [2.45, 2.75) is 33.2 Å². The highest BCUT2D eigenvalue weighted by Gasteiger charge is 2.33. The maximum absolute atomic E-state index is 12.0. The Bertz CT molecular complexity index is 377. The molecule has 9 heteroatoms. The second-order valence-corrected chi connectivity index (χ2v) is 4.53. The minimum Gasteiger partial charge on any atom is -0.465 e. The van der Waals surface area contributed by atoms with E-state index in [0.29, 0.717) is 19.9 Å². The van der Waals surface area contributed by atoms with Crippen LogP contribution in [0.5, 0.6) is 0 Å². The van der Waals surface area contributed by atoms with Gasteiger partial charge in [-0.2, -0.15) is 0 Å². The monoisotopic (exact) mass is 287 g/mol. The number of esters is 1. The Morgan fingerprint density at radius 2 is 2.10 bits per heavy atom. The number of hydrogen-bond donors (Lipinski definition) is 2. The van der Waals surface area contributed by atoms with Crippen LogP contribution in [-0.4, -0.2) is 47.8 Å². The fourth-order valence-electron chi connectivity index (χ4n) is 2.01. The molecule has 0 bridgehead atoms. The van der Waals surface area contributed by atoms with Gasteiger partial charge in [-0.25, -0.2) is 10.1 Å². The van der Waals surface area contributed by atoms with E-state index in [9.17, 15) is 14.9 Å². The molecule has 0 aromatic heterocycles. The lowest BCUT2D eigenvalue weighted by atomic mass is 9.98. The van der Waals surface area contributed by atoms with Crippen LogP contribution < -0.4 is 10.6 Å². The van der Waals surface area contributed by atoms with Gasteiger partial charge in [0.05, 0.1) is 19.9 Å². The predicted molar refractivity (Wildman–Crippen MR) is 72.1 cm³/mol. The van der Waals surface area contributed by atoms with Crippen molar-refractivity contribution in [1.82, 2.24) is 15.5 Å². The Morgan fingerprint density at radius 3 is 2.55 bits per heavy atom. The predicted octanol–water partition coefficient (Wildman–Crippen LogP) is -0.0783. The molecule has 1 aliphatic rings. The molecule has 0 amide bonds. The molecule has 1 saturated heterocycles. The maximum Gasteiger partial charge on any atom is 0.323 e. The van der Waals surface area contributed by atoms with Gasteiger partial charge in [0.1, 0.15) is 11.1 Å². The highest BCUT2D eigenvalue weighted by Crippen LogP contribution is 2.16. The van der Waals surface area contributed by atoms with Gasteiger partial charge < -0.3 is 15.4 Å². The molecule has 1 fully saturated rings. The van der Waals surface area contributed by atoms with Crippen molar-refractivity contribution in [2.24, 2.45) is 11.0 Å². The van der Waals surface area contributed by atoms with Crippen LogP contribution in [0, 0.1) is 16.0 Å². The van der Waals surface area contributed by atoms with E-state index < -0.39 is 11.1 Å². The normalized spacial score (nSPS) is 18.4. The Hall–Kier alpha value is -1.90. The van der Waals surface area contributed by atoms with Crippen molar-refractivity contribution < 1.29 is 14.6 Å². The third-order valence-electron chi connectivity index (χ3n) is 3.19. The summed E-state index contributed by atoms with van der Waals surface area (Å²) < 4.78 is 5.10. The van der Waals surface area contributed by atoms with Crippen LogP contribution in [0.1, 0.15) is 27.2 Å². The summed E-state index contributed by atoms with van der Waals surface area (Å²) in [5.74, 6) is -0.0650. The van der Waals surface area contributed by atoms with Crippen molar-refractivity contribution in [1.29, 1.82) is 0 Å². The van der Waals surface area contributed by atoms with Gasteiger partial charge in [0.25, 0.3) is 5.96 Å². The van der Waals surface area contributed by atoms with Crippen LogP contribution in [0.4, 0.5) is 0 Å². The Balaban J connectivity index is 2.70. The Labute approximate surface area is 117 Å². The molecule has 0 aromatic carbocycles. The second kappa shape index (κ2) is 7.63. The van der Waals surface area contributed by atoms with Crippen LogP contribution in [-0.2, 0) is 9.53 Å². The lowest BCUT2D eigenvalue weighted by Gasteiger charge is -2.36. The summed E-state index contributed by atoms with van der Waals surface area (Å²) in [4.78, 5) is 24.2. The third kappa shape index (κ3) is 4.34. The zero-order chi connectivity index (χ0) is 15.1. The van der Waals surface area contributed by atoms with E-state index in [1.807, 2.05) is 18.7 Å². The van der Waals surface area contributed by atoms with E-state index >= 15 is 0 Å². The SMILES string of the molecule is CCOC(=O)[C@H]([C@@H](C)CC)N1CNC(=N[N+](=O)[O-])NC1. The molecule has 20 heavy (non-hydrogen) atoms. The first-order valence-electron chi connectivity index (χ1n) is 6.61. The molecule has 2 atom stereocenters. The molecule has 0 spiro atoms. The van der Waals surface area contributed by atoms with Gasteiger partial charge in [0.15, 0.2) is 5.03 Å². The van der Waals surface area contributed by atoms with E-state index in [2.05, 4.69) is 15.7 Å². The van der Waals surface area contributed by atoms with Gasteiger partial charge >= 0.3 is 5.97 Å². The summed E-state index contributed by atoms with van der Waals surface area (Å²) in [5.41, 5.74) is 0. The topological polar surface area (TPSA) is 109 Å². The van der Waals surface area contributed by atoms with Gasteiger partial charge in [0.2, 0.25) is 0 Å². The third-order valence-corrected chi connectivity index (χ3v) is 3.19. The standard InChI is InChI=1S/C11H21N5O4/c1-4-8(3)9(10(17)20-5-2)15-6-12-11(13-7-15)14-16(18)19/h8-9H,4-7H2,1-3H3,(H2,12,13,14)/t8-,9-/m0/s1. The fraction of sp³-hybridized carbons (Fsp3) is 0.818. The van der Waals surface area contributed by atoms with Crippen molar-refractivity contribution in [2.75, 3.05) is 19.9 Å². The van der Waals surface area contributed by atoms with E-state index in [4.69, 9.17) is 4.74 Å². The average Bonchev–Trinajstić information content (AvgIpc) is 2.40. The molecule has 114 valence electrons. The average molecular weight is 287 g/mol. The van der Waals surface area contributed by atoms with Gasteiger partial charge in [-0.05, 0) is 12.8 Å². The van der Waals surface area contributed by atoms with Crippen molar-refractivity contribution in [3.05, 3.63) is 10.1 Å². The highest BCUT2D eigenvalue weighted by molar-refractivity contribution is 5.80. The smallest absolute Gasteiger partial charge is 0.323 e. The van der Waals surface area contributed by atoms with Gasteiger partial charge in [-0.1, -0.05) is 20.3 Å². The zero-order valence-electron chi connectivity index (χ0n) is 12.0. The molecule has 1 rings (SSSR count). The molecule has 1 heterocycles. The molecule has 0 unspecified atom stereocenters. The molecule has 0 aliphatic carbocycles. The number of nitro groups is 1. The second-order valence-electron chi connectivity index (χ2n) is 4.53. The zero-order valence-corrected chi connectivity index (χ0v) is 12.0. The molecular weight excluding hydrogens is 266 g/mol. The maximum atomic E-state index is 12.0. The van der Waals surface area contributed by atoms with Gasteiger partial charge in [-0.3, -0.25) is 9.69 Å². The lowest BCUT2D eigenvalue weighted by molar-refractivity contribution is -0.485. The first-order valence-corrected chi connectivity index (χ1v) is 6.61. The molecule has 9 nitrogen and oxygen atoms in total. The van der Waals surface area contributed by atoms with Crippen LogP contribution in [0.15, 0.2) is 5.10 Å². The number of hydrazone groups is 1. The number of carbonyl (C=O) groups excluding carboxylic acids is 1. The van der Waals surface area contributed by atoms with Crippen molar-refractivity contribution in [3.8, 4) is 0 Å². The first-order chi connectivity index (χ1) is 9.49. The summed E-state index contributed by atoms with van der Waals surface area (Å²) in [6.45, 7) is 6.67. The molecule has 0 radical (unpaired) electrons. The molecule has 0 aromatic rings. The summed E-state index contributed by atoms with van der Waals surface area (Å²) >= 11 is 0. The summed E-state index contributed by atoms with van der Waals surface area (Å²) in [5, 5.41) is 18.2. The van der Waals surface area contributed by atoms with Crippen LogP contribution in [0.2, 0.25) is 0 Å². The molecule has 2 N–H and O–H groups in total. The van der Waals surface area contributed by atoms with Crippen LogP contribution in [0.3, 0.4) is 0 Å². The molecular formula is C11H21N5O4. The Kier molecular flexibility index (Phi) is 6.16. The molecule has 1 aliphatic heterocycles. The minimum atomic E-state index is -0.775. The number of nitrogens with one attached hydrogen (secondary N) is 2. The van der Waals surface area contributed by atoms with Gasteiger partial charge in [0, 0.05) is 0 Å². The van der Waals surface area contributed by atoms with Gasteiger partial charge in [-0.15, -0.1) is 0 Å². The van der Waals surface area contributed by atoms with Crippen LogP contribution >= 0.6 is 0 Å². The van der Waals surface area contributed by atoms with E-state index in [1.165, 1.54) is 0 Å². The van der Waals surface area contributed by atoms with E-state index in [1.54, 1.807) is 6.92 Å². The quantitative estimate of drug-likeness (QED) is 0.399. The molecule has 0 saturated carbocycles. The van der Waals surface area contributed by atoms with E-state index in [-0.39, 0.29) is 17.8 Å². The Morgan fingerprint density at radius 1 is 1.50 bits per heavy atom. The minimum absolute atomic E-state index is 0.0954. The fourth-order valence-corrected chi connectivity index (χ4v) is 2.01. The number of rotatable bonds is 6. The summed E-state index contributed by atoms with van der Waals surface area (Å²) in [7, 11) is 0. The number of guanidine groups is 1. The van der Waals surface area contributed by atoms with E-state index in [0.717, 1.165) is 6.42 Å². The number of nitrogens with zero attached hydrogens (tertiary/aromatic N) is 3. The summed E-state index contributed by atoms with van der Waals surface area (Å²) in [6, 6.07) is -0.392.